The standard InChI is InChI=1S/C22H31N/c1-2-3-4-5-17-6-11-22-15-21(13-12-20(22)14-17)19-9-7-18(16-23)8-10-19/h7-10,17,20-22H,2-6,11-15H2,1H3/i13D2,15D. The van der Waals surface area contributed by atoms with E-state index in [0.29, 0.717) is 23.8 Å². The molecule has 0 aromatic heterocycles. The molecule has 1 aromatic carbocycles. The van der Waals surface area contributed by atoms with Crippen LogP contribution in [0.5, 0.6) is 0 Å². The van der Waals surface area contributed by atoms with Gasteiger partial charge >= 0.3 is 0 Å². The largest absolute Gasteiger partial charge is 0.192 e. The number of hydrogen-bond donors (Lipinski definition) is 0. The Balaban J connectivity index is 1.73. The molecule has 0 spiro atoms. The Hall–Kier alpha value is -1.29. The molecule has 0 amide bonds. The van der Waals surface area contributed by atoms with Gasteiger partial charge in [0.25, 0.3) is 0 Å². The van der Waals surface area contributed by atoms with Crippen LogP contribution in [0, 0.1) is 29.1 Å². The molecule has 0 bridgehead atoms. The van der Waals surface area contributed by atoms with Crippen molar-refractivity contribution in [3.05, 3.63) is 35.4 Å². The third-order valence-corrected chi connectivity index (χ3v) is 5.80. The smallest absolute Gasteiger partial charge is 0.0991 e. The molecule has 1 nitrogen and oxygen atoms in total. The monoisotopic (exact) mass is 312 g/mol. The summed E-state index contributed by atoms with van der Waals surface area (Å²) in [4.78, 5) is 0. The average molecular weight is 313 g/mol. The Morgan fingerprint density at radius 2 is 1.96 bits per heavy atom. The topological polar surface area (TPSA) is 23.8 Å². The zero-order chi connectivity index (χ0) is 18.7. The lowest BCUT2D eigenvalue weighted by atomic mass is 9.63. The highest BCUT2D eigenvalue weighted by atomic mass is 14.4. The molecule has 0 N–H and O–H groups in total. The van der Waals surface area contributed by atoms with Gasteiger partial charge in [-0.1, -0.05) is 51.2 Å². The summed E-state index contributed by atoms with van der Waals surface area (Å²) in [5.74, 6) is 1.04. The van der Waals surface area contributed by atoms with E-state index in [1.165, 1.54) is 32.1 Å². The third kappa shape index (κ3) is 4.17. The van der Waals surface area contributed by atoms with E-state index >= 15 is 0 Å². The van der Waals surface area contributed by atoms with Crippen molar-refractivity contribution in [2.24, 2.45) is 17.8 Å². The summed E-state index contributed by atoms with van der Waals surface area (Å²) < 4.78 is 26.3. The van der Waals surface area contributed by atoms with Crippen LogP contribution < -0.4 is 0 Å². The molecule has 3 rings (SSSR count). The molecular formula is C22H31N. The highest BCUT2D eigenvalue weighted by molar-refractivity contribution is 5.33. The molecule has 1 aromatic rings. The summed E-state index contributed by atoms with van der Waals surface area (Å²) in [6.45, 7) is 2.24. The molecule has 0 heterocycles. The van der Waals surface area contributed by atoms with Crippen molar-refractivity contribution in [2.75, 3.05) is 0 Å². The predicted octanol–water partition coefficient (Wildman–Crippen LogP) is 6.44. The molecule has 2 aliphatic carbocycles. The van der Waals surface area contributed by atoms with Crippen LogP contribution in [0.15, 0.2) is 24.3 Å². The molecule has 1 heteroatoms. The second-order valence-corrected chi connectivity index (χ2v) is 7.41. The van der Waals surface area contributed by atoms with E-state index < -0.39 is 6.37 Å². The number of benzene rings is 1. The average Bonchev–Trinajstić information content (AvgIpc) is 2.61. The zero-order valence-electron chi connectivity index (χ0n) is 17.3. The van der Waals surface area contributed by atoms with Gasteiger partial charge in [0, 0.05) is 4.11 Å². The molecular weight excluding hydrogens is 278 g/mol. The first kappa shape index (κ1) is 13.1. The van der Waals surface area contributed by atoms with Gasteiger partial charge in [-0.3, -0.25) is 0 Å². The van der Waals surface area contributed by atoms with Gasteiger partial charge in [0.2, 0.25) is 0 Å². The van der Waals surface area contributed by atoms with E-state index in [0.717, 1.165) is 24.3 Å². The van der Waals surface area contributed by atoms with E-state index in [-0.39, 0.29) is 12.3 Å². The van der Waals surface area contributed by atoms with Crippen LogP contribution in [0.4, 0.5) is 0 Å². The SMILES string of the molecule is [2H]C1C2CCC(CCCCC)CC2CC([2H])([2H])C1c1ccc(C#N)cc1. The van der Waals surface area contributed by atoms with E-state index in [1.807, 2.05) is 12.1 Å². The van der Waals surface area contributed by atoms with Gasteiger partial charge in [0.05, 0.1) is 11.6 Å². The molecule has 0 radical (unpaired) electrons. The second-order valence-electron chi connectivity index (χ2n) is 7.41. The predicted molar refractivity (Wildman–Crippen MR) is 96.2 cm³/mol. The fourth-order valence-corrected chi connectivity index (χ4v) is 4.41. The van der Waals surface area contributed by atoms with Crippen LogP contribution in [0.1, 0.15) is 92.2 Å². The number of unbranched alkanes of at least 4 members (excludes halogenated alkanes) is 2. The van der Waals surface area contributed by atoms with E-state index in [2.05, 4.69) is 13.0 Å². The number of hydrogen-bond acceptors (Lipinski definition) is 1. The first-order valence-electron chi connectivity index (χ1n) is 11.0. The molecule has 0 saturated heterocycles. The van der Waals surface area contributed by atoms with Crippen molar-refractivity contribution in [2.45, 2.75) is 77.0 Å². The zero-order valence-corrected chi connectivity index (χ0v) is 14.3. The number of nitriles is 1. The van der Waals surface area contributed by atoms with Crippen molar-refractivity contribution in [1.29, 1.82) is 5.26 Å². The Labute approximate surface area is 146 Å². The van der Waals surface area contributed by atoms with Crippen LogP contribution >= 0.6 is 0 Å². The van der Waals surface area contributed by atoms with Gasteiger partial charge in [-0.05, 0) is 73.4 Å². The summed E-state index contributed by atoms with van der Waals surface area (Å²) >= 11 is 0. The van der Waals surface area contributed by atoms with Gasteiger partial charge in [-0.15, -0.1) is 0 Å². The molecule has 23 heavy (non-hydrogen) atoms. The summed E-state index contributed by atoms with van der Waals surface area (Å²) in [7, 11) is 0. The Morgan fingerprint density at radius 1 is 1.13 bits per heavy atom. The fraction of sp³-hybridized carbons (Fsp3) is 0.682. The second kappa shape index (κ2) is 8.00. The van der Waals surface area contributed by atoms with Crippen molar-refractivity contribution >= 4 is 0 Å². The Bertz CT molecular complexity index is 634. The van der Waals surface area contributed by atoms with Gasteiger partial charge in [0.15, 0.2) is 0 Å². The summed E-state index contributed by atoms with van der Waals surface area (Å²) in [6, 6.07) is 9.36. The van der Waals surface area contributed by atoms with Crippen LogP contribution in [-0.2, 0) is 0 Å². The number of fused-ring (bicyclic) bond motifs is 1. The molecule has 2 aliphatic rings. The lowest BCUT2D eigenvalue weighted by Crippen LogP contribution is -2.30. The maximum absolute atomic E-state index is 8.99. The normalized spacial score (nSPS) is 37.7. The van der Waals surface area contributed by atoms with Gasteiger partial charge in [-0.2, -0.15) is 5.26 Å². The lowest BCUT2D eigenvalue weighted by molar-refractivity contribution is 0.113. The maximum atomic E-state index is 8.99. The van der Waals surface area contributed by atoms with Crippen LogP contribution in [-0.4, -0.2) is 0 Å². The van der Waals surface area contributed by atoms with E-state index in [9.17, 15) is 0 Å². The van der Waals surface area contributed by atoms with E-state index in [1.54, 1.807) is 12.1 Å². The van der Waals surface area contributed by atoms with Crippen molar-refractivity contribution < 1.29 is 4.11 Å². The quantitative estimate of drug-likeness (QED) is 0.574. The Kier molecular flexibility index (Phi) is 4.54. The minimum absolute atomic E-state index is 0.321. The lowest BCUT2D eigenvalue weighted by Gasteiger charge is -2.42. The number of nitrogens with zero attached hydrogens (tertiary/aromatic N) is 1. The minimum atomic E-state index is -1.34. The molecule has 0 aliphatic heterocycles. The van der Waals surface area contributed by atoms with Crippen LogP contribution in [0.25, 0.3) is 0 Å². The molecule has 5 atom stereocenters. The third-order valence-electron chi connectivity index (χ3n) is 5.80. The van der Waals surface area contributed by atoms with Crippen molar-refractivity contribution in [3.63, 3.8) is 0 Å². The van der Waals surface area contributed by atoms with Crippen molar-refractivity contribution in [1.82, 2.24) is 0 Å². The minimum Gasteiger partial charge on any atom is -0.192 e. The Morgan fingerprint density at radius 3 is 2.70 bits per heavy atom. The van der Waals surface area contributed by atoms with Gasteiger partial charge in [-0.25, -0.2) is 0 Å². The summed E-state index contributed by atoms with van der Waals surface area (Å²) in [5.41, 5.74) is 1.48. The maximum Gasteiger partial charge on any atom is 0.0991 e. The van der Waals surface area contributed by atoms with Crippen LogP contribution in [0.3, 0.4) is 0 Å². The molecule has 2 fully saturated rings. The summed E-state index contributed by atoms with van der Waals surface area (Å²) in [5, 5.41) is 8.99. The summed E-state index contributed by atoms with van der Waals surface area (Å²) in [6.07, 6.45) is 7.40. The van der Waals surface area contributed by atoms with Crippen LogP contribution in [0.2, 0.25) is 0 Å². The molecule has 2 saturated carbocycles. The first-order valence-corrected chi connectivity index (χ1v) is 9.38. The molecule has 124 valence electrons. The fourth-order valence-electron chi connectivity index (χ4n) is 4.41. The first-order chi connectivity index (χ1) is 12.5. The van der Waals surface area contributed by atoms with Gasteiger partial charge < -0.3 is 0 Å². The van der Waals surface area contributed by atoms with Crippen molar-refractivity contribution in [3.8, 4) is 6.07 Å². The highest BCUT2D eigenvalue weighted by Crippen LogP contribution is 2.48. The highest BCUT2D eigenvalue weighted by Gasteiger charge is 2.35. The number of rotatable bonds is 5. The van der Waals surface area contributed by atoms with E-state index in [4.69, 9.17) is 9.37 Å². The van der Waals surface area contributed by atoms with Gasteiger partial charge in [0.1, 0.15) is 0 Å². The molecule has 5 unspecified atom stereocenters.